The standard InChI is InChI=1S/C26H23ClN4O2/c1-18-7-11-21(12-8-18)25-29-26(28-17-19-9-14-22(27)15-10-19)31(30-25)24(32)16-13-20-5-3-4-6-23(20)33-2/h3-16H,17H2,1-2H3,(H,28,29,30). The predicted octanol–water partition coefficient (Wildman–Crippen LogP) is 5.88. The Hall–Kier alpha value is -3.90. The van der Waals surface area contributed by atoms with Crippen molar-refractivity contribution in [3.05, 3.63) is 101 Å². The van der Waals surface area contributed by atoms with Crippen LogP contribution in [-0.4, -0.2) is 27.8 Å². The maximum atomic E-state index is 13.1. The molecule has 33 heavy (non-hydrogen) atoms. The average Bonchev–Trinajstić information content (AvgIpc) is 3.27. The third kappa shape index (κ3) is 5.48. The van der Waals surface area contributed by atoms with Gasteiger partial charge in [0, 0.05) is 28.8 Å². The van der Waals surface area contributed by atoms with Crippen molar-refractivity contribution in [2.24, 2.45) is 0 Å². The van der Waals surface area contributed by atoms with Crippen LogP contribution in [0.1, 0.15) is 21.5 Å². The van der Waals surface area contributed by atoms with Gasteiger partial charge in [-0.1, -0.05) is 71.8 Å². The fourth-order valence-electron chi connectivity index (χ4n) is 3.22. The largest absolute Gasteiger partial charge is 0.496 e. The first-order valence-corrected chi connectivity index (χ1v) is 10.8. The van der Waals surface area contributed by atoms with Crippen LogP contribution < -0.4 is 10.1 Å². The minimum absolute atomic E-state index is 0.328. The highest BCUT2D eigenvalue weighted by Gasteiger charge is 2.16. The van der Waals surface area contributed by atoms with Gasteiger partial charge in [-0.25, -0.2) is 0 Å². The molecule has 1 heterocycles. The van der Waals surface area contributed by atoms with E-state index < -0.39 is 0 Å². The first kappa shape index (κ1) is 22.3. The number of carbonyl (C=O) groups excluding carboxylic acids is 1. The molecule has 0 spiro atoms. The van der Waals surface area contributed by atoms with Crippen molar-refractivity contribution >= 4 is 29.5 Å². The van der Waals surface area contributed by atoms with E-state index in [0.29, 0.717) is 29.1 Å². The van der Waals surface area contributed by atoms with Gasteiger partial charge in [0.05, 0.1) is 7.11 Å². The van der Waals surface area contributed by atoms with E-state index in [9.17, 15) is 4.79 Å². The maximum Gasteiger partial charge on any atom is 0.274 e. The monoisotopic (exact) mass is 458 g/mol. The van der Waals surface area contributed by atoms with Gasteiger partial charge in [-0.2, -0.15) is 9.67 Å². The van der Waals surface area contributed by atoms with Crippen LogP contribution in [0.15, 0.2) is 78.9 Å². The highest BCUT2D eigenvalue weighted by molar-refractivity contribution is 6.30. The number of nitrogens with zero attached hydrogens (tertiary/aromatic N) is 3. The summed E-state index contributed by atoms with van der Waals surface area (Å²) >= 11 is 5.98. The van der Waals surface area contributed by atoms with Gasteiger partial charge in [0.1, 0.15) is 5.75 Å². The molecule has 166 valence electrons. The number of rotatable bonds is 7. The van der Waals surface area contributed by atoms with Gasteiger partial charge in [0.15, 0.2) is 5.82 Å². The Bertz CT molecular complexity index is 1280. The van der Waals surface area contributed by atoms with Crippen molar-refractivity contribution in [3.8, 4) is 17.1 Å². The molecule has 0 aliphatic carbocycles. The normalized spacial score (nSPS) is 11.0. The van der Waals surface area contributed by atoms with Crippen LogP contribution >= 0.6 is 11.6 Å². The Balaban J connectivity index is 1.63. The van der Waals surface area contributed by atoms with Gasteiger partial charge in [-0.15, -0.1) is 5.10 Å². The number of aromatic nitrogens is 3. The van der Waals surface area contributed by atoms with Gasteiger partial charge < -0.3 is 10.1 Å². The molecule has 3 aromatic carbocycles. The third-order valence-corrected chi connectivity index (χ3v) is 5.29. The van der Waals surface area contributed by atoms with E-state index in [4.69, 9.17) is 16.3 Å². The number of benzene rings is 3. The molecule has 4 aromatic rings. The number of methoxy groups -OCH3 is 1. The van der Waals surface area contributed by atoms with Gasteiger partial charge in [0.25, 0.3) is 5.91 Å². The summed E-state index contributed by atoms with van der Waals surface area (Å²) in [4.78, 5) is 17.7. The molecule has 0 saturated carbocycles. The van der Waals surface area contributed by atoms with E-state index in [1.807, 2.05) is 79.7 Å². The first-order valence-electron chi connectivity index (χ1n) is 10.4. The highest BCUT2D eigenvalue weighted by Crippen LogP contribution is 2.21. The SMILES string of the molecule is COc1ccccc1C=CC(=O)n1nc(-c2ccc(C)cc2)nc1NCc1ccc(Cl)cc1. The number of halogens is 1. The van der Waals surface area contributed by atoms with Crippen molar-refractivity contribution in [2.75, 3.05) is 12.4 Å². The number of aryl methyl sites for hydroxylation is 1. The van der Waals surface area contributed by atoms with Crippen LogP contribution in [0.5, 0.6) is 5.75 Å². The molecular formula is C26H23ClN4O2. The molecule has 0 unspecified atom stereocenters. The summed E-state index contributed by atoms with van der Waals surface area (Å²) in [7, 11) is 1.60. The van der Waals surface area contributed by atoms with Crippen molar-refractivity contribution in [2.45, 2.75) is 13.5 Å². The van der Waals surface area contributed by atoms with Gasteiger partial charge in [0.2, 0.25) is 5.95 Å². The molecular weight excluding hydrogens is 436 g/mol. The number of allylic oxidation sites excluding steroid dienone is 1. The van der Waals surface area contributed by atoms with Gasteiger partial charge >= 0.3 is 0 Å². The predicted molar refractivity (Wildman–Crippen MR) is 132 cm³/mol. The van der Waals surface area contributed by atoms with Crippen LogP contribution in [0.2, 0.25) is 5.02 Å². The minimum atomic E-state index is -0.328. The number of nitrogens with one attached hydrogen (secondary N) is 1. The molecule has 0 radical (unpaired) electrons. The molecule has 6 nitrogen and oxygen atoms in total. The lowest BCUT2D eigenvalue weighted by molar-refractivity contribution is 0.0957. The van der Waals surface area contributed by atoms with Crippen molar-refractivity contribution < 1.29 is 9.53 Å². The Morgan fingerprint density at radius 1 is 1.06 bits per heavy atom. The number of anilines is 1. The molecule has 0 saturated heterocycles. The first-order chi connectivity index (χ1) is 16.0. The van der Waals surface area contributed by atoms with Gasteiger partial charge in [-0.05, 0) is 36.8 Å². The van der Waals surface area contributed by atoms with E-state index in [-0.39, 0.29) is 5.91 Å². The van der Waals surface area contributed by atoms with E-state index in [1.165, 1.54) is 10.8 Å². The Labute approximate surface area is 197 Å². The lowest BCUT2D eigenvalue weighted by atomic mass is 10.1. The summed E-state index contributed by atoms with van der Waals surface area (Å²) in [6.07, 6.45) is 3.16. The zero-order valence-corrected chi connectivity index (χ0v) is 19.1. The van der Waals surface area contributed by atoms with Crippen LogP contribution in [-0.2, 0) is 6.54 Å². The number of hydrogen-bond acceptors (Lipinski definition) is 5. The van der Waals surface area contributed by atoms with Crippen LogP contribution in [0.3, 0.4) is 0 Å². The topological polar surface area (TPSA) is 69.0 Å². The zero-order chi connectivity index (χ0) is 23.2. The van der Waals surface area contributed by atoms with E-state index in [1.54, 1.807) is 13.2 Å². The van der Waals surface area contributed by atoms with Gasteiger partial charge in [-0.3, -0.25) is 4.79 Å². The van der Waals surface area contributed by atoms with E-state index in [2.05, 4.69) is 15.4 Å². The number of para-hydroxylation sites is 1. The zero-order valence-electron chi connectivity index (χ0n) is 18.3. The molecule has 0 aliphatic heterocycles. The Kier molecular flexibility index (Phi) is 6.86. The molecule has 4 rings (SSSR count). The van der Waals surface area contributed by atoms with Crippen molar-refractivity contribution in [1.29, 1.82) is 0 Å². The molecule has 7 heteroatoms. The Morgan fingerprint density at radius 2 is 1.79 bits per heavy atom. The second-order valence-corrected chi connectivity index (χ2v) is 7.87. The van der Waals surface area contributed by atoms with Crippen molar-refractivity contribution in [1.82, 2.24) is 14.8 Å². The number of carbonyl (C=O) groups is 1. The summed E-state index contributed by atoms with van der Waals surface area (Å²) in [5.74, 6) is 1.18. The van der Waals surface area contributed by atoms with E-state index in [0.717, 1.165) is 22.3 Å². The quantitative estimate of drug-likeness (QED) is 0.350. The molecule has 1 N–H and O–H groups in total. The summed E-state index contributed by atoms with van der Waals surface area (Å²) in [6.45, 7) is 2.48. The fraction of sp³-hybridized carbons (Fsp3) is 0.115. The lowest BCUT2D eigenvalue weighted by Crippen LogP contribution is -2.14. The fourth-order valence-corrected chi connectivity index (χ4v) is 3.35. The number of ether oxygens (including phenoxy) is 1. The summed E-state index contributed by atoms with van der Waals surface area (Å²) < 4.78 is 6.63. The summed E-state index contributed by atoms with van der Waals surface area (Å²) in [5.41, 5.74) is 3.76. The maximum absolute atomic E-state index is 13.1. The molecule has 1 aromatic heterocycles. The smallest absolute Gasteiger partial charge is 0.274 e. The molecule has 0 aliphatic rings. The van der Waals surface area contributed by atoms with Crippen molar-refractivity contribution in [3.63, 3.8) is 0 Å². The molecule has 0 fully saturated rings. The summed E-state index contributed by atoms with van der Waals surface area (Å²) in [6, 6.07) is 22.8. The number of hydrogen-bond donors (Lipinski definition) is 1. The lowest BCUT2D eigenvalue weighted by Gasteiger charge is -2.06. The third-order valence-electron chi connectivity index (χ3n) is 5.03. The molecule has 0 bridgehead atoms. The summed E-state index contributed by atoms with van der Waals surface area (Å²) in [5, 5.41) is 8.37. The Morgan fingerprint density at radius 3 is 2.52 bits per heavy atom. The average molecular weight is 459 g/mol. The second kappa shape index (κ2) is 10.1. The van der Waals surface area contributed by atoms with E-state index >= 15 is 0 Å². The second-order valence-electron chi connectivity index (χ2n) is 7.43. The van der Waals surface area contributed by atoms with Crippen LogP contribution in [0.25, 0.3) is 17.5 Å². The highest BCUT2D eigenvalue weighted by atomic mass is 35.5. The van der Waals surface area contributed by atoms with Crippen LogP contribution in [0, 0.1) is 6.92 Å². The molecule has 0 amide bonds. The van der Waals surface area contributed by atoms with Crippen LogP contribution in [0.4, 0.5) is 5.95 Å². The minimum Gasteiger partial charge on any atom is -0.496 e. The molecule has 0 atom stereocenters.